The maximum Gasteiger partial charge on any atom is 0.246 e. The summed E-state index contributed by atoms with van der Waals surface area (Å²) in [7, 11) is -2.09. The van der Waals surface area contributed by atoms with Crippen LogP contribution >= 0.6 is 0 Å². The Hall–Kier alpha value is -2.06. The molecule has 0 fully saturated rings. The summed E-state index contributed by atoms with van der Waals surface area (Å²) in [6.45, 7) is 2.85. The van der Waals surface area contributed by atoms with E-state index in [-0.39, 0.29) is 11.4 Å². The highest BCUT2D eigenvalue weighted by molar-refractivity contribution is 7.89. The van der Waals surface area contributed by atoms with Gasteiger partial charge in [0.05, 0.1) is 12.4 Å². The normalized spacial score (nSPS) is 11.6. The maximum atomic E-state index is 12.4. The molecule has 0 saturated carbocycles. The highest BCUT2D eigenvalue weighted by Gasteiger charge is 2.21. The first-order valence-corrected chi connectivity index (χ1v) is 7.89. The molecule has 0 aliphatic heterocycles. The quantitative estimate of drug-likeness (QED) is 0.860. The second-order valence-electron chi connectivity index (χ2n) is 4.39. The molecule has 0 aliphatic rings. The maximum absolute atomic E-state index is 12.4. The Morgan fingerprint density at radius 3 is 2.38 bits per heavy atom. The smallest absolute Gasteiger partial charge is 0.246 e. The summed E-state index contributed by atoms with van der Waals surface area (Å²) < 4.78 is 26.1. The topological polar surface area (TPSA) is 88.1 Å². The molecule has 0 unspecified atom stereocenters. The molecule has 2 aromatic heterocycles. The lowest BCUT2D eigenvalue weighted by Gasteiger charge is -2.16. The van der Waals surface area contributed by atoms with E-state index in [1.165, 1.54) is 23.7 Å². The van der Waals surface area contributed by atoms with Gasteiger partial charge < -0.3 is 5.32 Å². The molecule has 0 spiro atoms. The SMILES string of the molecule is CCNc1ncc(S(=O)(=O)N(C)Cc2ccncc2)cn1. The summed E-state index contributed by atoms with van der Waals surface area (Å²) >= 11 is 0. The lowest BCUT2D eigenvalue weighted by Crippen LogP contribution is -2.26. The number of anilines is 1. The Balaban J connectivity index is 2.16. The molecule has 0 aromatic carbocycles. The number of hydrogen-bond donors (Lipinski definition) is 1. The molecular weight excluding hydrogens is 290 g/mol. The van der Waals surface area contributed by atoms with Crippen molar-refractivity contribution in [3.8, 4) is 0 Å². The van der Waals surface area contributed by atoms with E-state index in [2.05, 4.69) is 20.3 Å². The fourth-order valence-corrected chi connectivity index (χ4v) is 2.76. The van der Waals surface area contributed by atoms with Gasteiger partial charge in [0.25, 0.3) is 0 Å². The van der Waals surface area contributed by atoms with Crippen molar-refractivity contribution in [1.82, 2.24) is 19.3 Å². The second-order valence-corrected chi connectivity index (χ2v) is 6.43. The van der Waals surface area contributed by atoms with E-state index in [4.69, 9.17) is 0 Å². The van der Waals surface area contributed by atoms with Crippen molar-refractivity contribution in [1.29, 1.82) is 0 Å². The highest BCUT2D eigenvalue weighted by Crippen LogP contribution is 2.15. The molecule has 8 heteroatoms. The molecule has 0 bridgehead atoms. The van der Waals surface area contributed by atoms with Crippen LogP contribution in [-0.2, 0) is 16.6 Å². The van der Waals surface area contributed by atoms with Crippen LogP contribution in [0.1, 0.15) is 12.5 Å². The molecule has 1 N–H and O–H groups in total. The van der Waals surface area contributed by atoms with Crippen LogP contribution < -0.4 is 5.32 Å². The van der Waals surface area contributed by atoms with Crippen LogP contribution in [0.2, 0.25) is 0 Å². The fourth-order valence-electron chi connectivity index (χ4n) is 1.71. The Kier molecular flexibility index (Phi) is 4.81. The molecule has 0 amide bonds. The zero-order chi connectivity index (χ0) is 15.3. The number of rotatable bonds is 6. The van der Waals surface area contributed by atoms with Crippen molar-refractivity contribution >= 4 is 16.0 Å². The van der Waals surface area contributed by atoms with Crippen molar-refractivity contribution < 1.29 is 8.42 Å². The van der Waals surface area contributed by atoms with Crippen LogP contribution in [0.5, 0.6) is 0 Å². The molecule has 0 aliphatic carbocycles. The van der Waals surface area contributed by atoms with Crippen LogP contribution in [0.3, 0.4) is 0 Å². The minimum absolute atomic E-state index is 0.0701. The average molecular weight is 307 g/mol. The van der Waals surface area contributed by atoms with E-state index >= 15 is 0 Å². The standard InChI is InChI=1S/C13H17N5O2S/c1-3-15-13-16-8-12(9-17-13)21(19,20)18(2)10-11-4-6-14-7-5-11/h4-9H,3,10H2,1-2H3,(H,15,16,17). The number of hydrogen-bond acceptors (Lipinski definition) is 6. The van der Waals surface area contributed by atoms with Crippen molar-refractivity contribution in [2.45, 2.75) is 18.4 Å². The Labute approximate surface area is 124 Å². The molecule has 0 atom stereocenters. The number of nitrogens with one attached hydrogen (secondary N) is 1. The molecule has 7 nitrogen and oxygen atoms in total. The summed E-state index contributed by atoms with van der Waals surface area (Å²) in [6.07, 6.45) is 5.88. The number of sulfonamides is 1. The van der Waals surface area contributed by atoms with Crippen molar-refractivity contribution in [3.63, 3.8) is 0 Å². The van der Waals surface area contributed by atoms with Crippen molar-refractivity contribution in [2.24, 2.45) is 0 Å². The van der Waals surface area contributed by atoms with Crippen molar-refractivity contribution in [2.75, 3.05) is 18.9 Å². The molecule has 112 valence electrons. The molecule has 21 heavy (non-hydrogen) atoms. The number of pyridine rings is 1. The van der Waals surface area contributed by atoms with Crippen LogP contribution in [0, 0.1) is 0 Å². The molecule has 2 heterocycles. The van der Waals surface area contributed by atoms with Gasteiger partial charge in [0.2, 0.25) is 16.0 Å². The lowest BCUT2D eigenvalue weighted by atomic mass is 10.3. The van der Waals surface area contributed by atoms with Crippen LogP contribution in [0.4, 0.5) is 5.95 Å². The molecular formula is C13H17N5O2S. The van der Waals surface area contributed by atoms with E-state index in [1.54, 1.807) is 24.5 Å². The van der Waals surface area contributed by atoms with Crippen LogP contribution in [0.15, 0.2) is 41.8 Å². The van der Waals surface area contributed by atoms with Gasteiger partial charge in [0.15, 0.2) is 0 Å². The summed E-state index contributed by atoms with van der Waals surface area (Å²) in [5.74, 6) is 0.410. The van der Waals surface area contributed by atoms with E-state index in [9.17, 15) is 8.42 Å². The number of aromatic nitrogens is 3. The van der Waals surface area contributed by atoms with Crippen molar-refractivity contribution in [3.05, 3.63) is 42.5 Å². The summed E-state index contributed by atoms with van der Waals surface area (Å²) in [6, 6.07) is 3.55. The third-order valence-corrected chi connectivity index (χ3v) is 4.58. The van der Waals surface area contributed by atoms with Gasteiger partial charge in [-0.3, -0.25) is 4.98 Å². The Morgan fingerprint density at radius 1 is 1.19 bits per heavy atom. The Bertz CT molecular complexity index is 673. The van der Waals surface area contributed by atoms with Crippen LogP contribution in [0.25, 0.3) is 0 Å². The zero-order valence-corrected chi connectivity index (χ0v) is 12.7. The fraction of sp³-hybridized carbons (Fsp3) is 0.308. The first-order valence-electron chi connectivity index (χ1n) is 6.45. The van der Waals surface area contributed by atoms with Gasteiger partial charge in [-0.25, -0.2) is 18.4 Å². The van der Waals surface area contributed by atoms with Gasteiger partial charge in [-0.05, 0) is 24.6 Å². The minimum Gasteiger partial charge on any atom is -0.355 e. The first-order chi connectivity index (χ1) is 10.0. The van der Waals surface area contributed by atoms with Gasteiger partial charge in [0.1, 0.15) is 4.90 Å². The first kappa shape index (κ1) is 15.3. The molecule has 0 saturated heterocycles. The summed E-state index contributed by atoms with van der Waals surface area (Å²) in [5, 5.41) is 2.92. The van der Waals surface area contributed by atoms with Gasteiger partial charge in [-0.2, -0.15) is 4.31 Å². The van der Waals surface area contributed by atoms with E-state index in [0.29, 0.717) is 12.5 Å². The number of nitrogens with zero attached hydrogens (tertiary/aromatic N) is 4. The largest absolute Gasteiger partial charge is 0.355 e. The third kappa shape index (κ3) is 3.73. The monoisotopic (exact) mass is 307 g/mol. The summed E-state index contributed by atoms with van der Waals surface area (Å²) in [4.78, 5) is 11.9. The minimum atomic E-state index is -3.61. The summed E-state index contributed by atoms with van der Waals surface area (Å²) in [5.41, 5.74) is 0.862. The van der Waals surface area contributed by atoms with E-state index in [0.717, 1.165) is 5.56 Å². The average Bonchev–Trinajstić information content (AvgIpc) is 2.49. The molecule has 2 rings (SSSR count). The molecule has 0 radical (unpaired) electrons. The van der Waals surface area contributed by atoms with Gasteiger partial charge in [-0.15, -0.1) is 0 Å². The van der Waals surface area contributed by atoms with Crippen LogP contribution in [-0.4, -0.2) is 41.3 Å². The second kappa shape index (κ2) is 6.59. The predicted octanol–water partition coefficient (Wildman–Crippen LogP) is 1.12. The third-order valence-electron chi connectivity index (χ3n) is 2.83. The van der Waals surface area contributed by atoms with E-state index in [1.807, 2.05) is 6.92 Å². The van der Waals surface area contributed by atoms with Gasteiger partial charge in [-0.1, -0.05) is 0 Å². The Morgan fingerprint density at radius 2 is 1.81 bits per heavy atom. The highest BCUT2D eigenvalue weighted by atomic mass is 32.2. The predicted molar refractivity (Wildman–Crippen MR) is 79.1 cm³/mol. The van der Waals surface area contributed by atoms with Gasteiger partial charge >= 0.3 is 0 Å². The molecule has 2 aromatic rings. The van der Waals surface area contributed by atoms with Gasteiger partial charge in [0, 0.05) is 32.5 Å². The lowest BCUT2D eigenvalue weighted by molar-refractivity contribution is 0.466. The van der Waals surface area contributed by atoms with E-state index < -0.39 is 10.0 Å². The zero-order valence-electron chi connectivity index (χ0n) is 11.9.